The van der Waals surface area contributed by atoms with Crippen molar-refractivity contribution in [1.82, 2.24) is 19.9 Å². The Kier molecular flexibility index (Phi) is 4.42. The van der Waals surface area contributed by atoms with Gasteiger partial charge in [-0.15, -0.1) is 0 Å². The first-order valence-corrected chi connectivity index (χ1v) is 9.06. The van der Waals surface area contributed by atoms with E-state index in [0.29, 0.717) is 33.7 Å². The number of halogens is 2. The highest BCUT2D eigenvalue weighted by atomic mass is 79.9. The van der Waals surface area contributed by atoms with Crippen molar-refractivity contribution in [3.8, 4) is 23.0 Å². The summed E-state index contributed by atoms with van der Waals surface area (Å²) in [5, 5.41) is 9.13. The van der Waals surface area contributed by atoms with Crippen molar-refractivity contribution in [1.29, 1.82) is 0 Å². The van der Waals surface area contributed by atoms with E-state index in [2.05, 4.69) is 31.2 Å². The lowest BCUT2D eigenvalue weighted by Gasteiger charge is -2.05. The highest BCUT2D eigenvalue weighted by Gasteiger charge is 2.14. The van der Waals surface area contributed by atoms with E-state index in [1.165, 1.54) is 0 Å². The molecule has 0 unspecified atom stereocenters. The third-order valence-corrected chi connectivity index (χ3v) is 5.02. The molecule has 0 saturated carbocycles. The summed E-state index contributed by atoms with van der Waals surface area (Å²) in [6.45, 7) is 4.51. The minimum atomic E-state index is 0.409. The zero-order valence-corrected chi connectivity index (χ0v) is 16.4. The van der Waals surface area contributed by atoms with Crippen molar-refractivity contribution in [2.45, 2.75) is 20.4 Å². The molecule has 0 radical (unpaired) electrons. The predicted molar refractivity (Wildman–Crippen MR) is 101 cm³/mol. The molecule has 4 aromatic rings. The summed E-state index contributed by atoms with van der Waals surface area (Å²) in [4.78, 5) is 4.38. The molecule has 3 aromatic heterocycles. The van der Waals surface area contributed by atoms with Crippen LogP contribution in [0.3, 0.4) is 0 Å². The minimum Gasteiger partial charge on any atom is -0.446 e. The van der Waals surface area contributed by atoms with Crippen LogP contribution in [-0.4, -0.2) is 19.9 Å². The normalized spacial score (nSPS) is 11.2. The van der Waals surface area contributed by atoms with Gasteiger partial charge in [0.2, 0.25) is 5.82 Å². The minimum absolute atomic E-state index is 0.409. The molecule has 0 aliphatic heterocycles. The zero-order valence-electron chi connectivity index (χ0n) is 14.0. The lowest BCUT2D eigenvalue weighted by molar-refractivity contribution is 0.429. The second kappa shape index (κ2) is 6.74. The Balaban J connectivity index is 1.54. The van der Waals surface area contributed by atoms with E-state index in [0.717, 1.165) is 22.5 Å². The Morgan fingerprint density at radius 2 is 1.88 bits per heavy atom. The monoisotopic (exact) mass is 432 g/mol. The van der Waals surface area contributed by atoms with Crippen LogP contribution in [0.1, 0.15) is 17.0 Å². The zero-order chi connectivity index (χ0) is 18.3. The summed E-state index contributed by atoms with van der Waals surface area (Å²) < 4.78 is 13.3. The van der Waals surface area contributed by atoms with Crippen molar-refractivity contribution < 1.29 is 8.94 Å². The molecule has 0 fully saturated rings. The maximum Gasteiger partial charge on any atom is 0.258 e. The van der Waals surface area contributed by atoms with Crippen molar-refractivity contribution >= 4 is 27.5 Å². The summed E-state index contributed by atoms with van der Waals surface area (Å²) in [7, 11) is 0. The van der Waals surface area contributed by atoms with Crippen LogP contribution < -0.4 is 0 Å². The van der Waals surface area contributed by atoms with Gasteiger partial charge in [-0.3, -0.25) is 4.68 Å². The molecule has 3 heterocycles. The first kappa shape index (κ1) is 17.1. The third-order valence-electron chi connectivity index (χ3n) is 4.05. The molecule has 8 heteroatoms. The van der Waals surface area contributed by atoms with Gasteiger partial charge in [-0.05, 0) is 59.6 Å². The number of rotatable bonds is 4. The highest BCUT2D eigenvalue weighted by Crippen LogP contribution is 2.26. The maximum absolute atomic E-state index is 6.20. The van der Waals surface area contributed by atoms with E-state index in [-0.39, 0.29) is 0 Å². The number of aromatic nitrogens is 4. The largest absolute Gasteiger partial charge is 0.446 e. The molecule has 4 rings (SSSR count). The topological polar surface area (TPSA) is 69.9 Å². The van der Waals surface area contributed by atoms with E-state index < -0.39 is 0 Å². The van der Waals surface area contributed by atoms with E-state index in [1.807, 2.05) is 42.8 Å². The molecule has 26 heavy (non-hydrogen) atoms. The lowest BCUT2D eigenvalue weighted by Crippen LogP contribution is -2.03. The van der Waals surface area contributed by atoms with Crippen LogP contribution in [0.4, 0.5) is 0 Å². The van der Waals surface area contributed by atoms with Crippen LogP contribution in [0, 0.1) is 13.8 Å². The lowest BCUT2D eigenvalue weighted by atomic mass is 10.1. The van der Waals surface area contributed by atoms with Gasteiger partial charge in [-0.25, -0.2) is 0 Å². The second-order valence-electron chi connectivity index (χ2n) is 5.87. The summed E-state index contributed by atoms with van der Waals surface area (Å²) in [5.74, 6) is 1.39. The Hall–Kier alpha value is -2.38. The first-order chi connectivity index (χ1) is 12.5. The molecule has 132 valence electrons. The molecule has 0 bridgehead atoms. The summed E-state index contributed by atoms with van der Waals surface area (Å²) >= 11 is 9.46. The number of furan rings is 1. The molecule has 0 N–H and O–H groups in total. The molecule has 0 aliphatic rings. The van der Waals surface area contributed by atoms with Gasteiger partial charge in [-0.2, -0.15) is 10.1 Å². The van der Waals surface area contributed by atoms with E-state index in [4.69, 9.17) is 20.5 Å². The molecule has 1 aromatic carbocycles. The van der Waals surface area contributed by atoms with Gasteiger partial charge in [0.25, 0.3) is 5.89 Å². The molecular formula is C18H14BrClN4O2. The number of aryl methyl sites for hydroxylation is 1. The van der Waals surface area contributed by atoms with Crippen molar-refractivity contribution in [2.24, 2.45) is 0 Å². The van der Waals surface area contributed by atoms with Gasteiger partial charge in [0.1, 0.15) is 0 Å². The van der Waals surface area contributed by atoms with Crippen LogP contribution >= 0.6 is 27.5 Å². The van der Waals surface area contributed by atoms with Crippen LogP contribution in [-0.2, 0) is 6.54 Å². The SMILES string of the molecule is Cc1nn(Cc2ccc(-c3nc(-c4ccc(Br)o4)no3)cc2)c(C)c1Cl. The quantitative estimate of drug-likeness (QED) is 0.438. The number of nitrogens with zero attached hydrogens (tertiary/aromatic N) is 4. The van der Waals surface area contributed by atoms with Crippen LogP contribution in [0.2, 0.25) is 5.02 Å². The molecule has 0 aliphatic carbocycles. The molecule has 0 saturated heterocycles. The average Bonchev–Trinajstić information content (AvgIpc) is 3.33. The molecule has 0 amide bonds. The standard InChI is InChI=1S/C18H14BrClN4O2/c1-10-16(20)11(2)24(22-10)9-12-3-5-13(6-4-12)18-21-17(23-26-18)14-7-8-15(19)25-14/h3-8H,9H2,1-2H3. The van der Waals surface area contributed by atoms with E-state index in [9.17, 15) is 0 Å². The number of hydrogen-bond acceptors (Lipinski definition) is 5. The van der Waals surface area contributed by atoms with Gasteiger partial charge < -0.3 is 8.94 Å². The Morgan fingerprint density at radius 3 is 2.50 bits per heavy atom. The second-order valence-corrected chi connectivity index (χ2v) is 7.03. The van der Waals surface area contributed by atoms with E-state index in [1.54, 1.807) is 12.1 Å². The van der Waals surface area contributed by atoms with Gasteiger partial charge in [0.15, 0.2) is 10.4 Å². The fraction of sp³-hybridized carbons (Fsp3) is 0.167. The first-order valence-electron chi connectivity index (χ1n) is 7.89. The van der Waals surface area contributed by atoms with Gasteiger partial charge in [0, 0.05) is 5.56 Å². The van der Waals surface area contributed by atoms with Crippen molar-refractivity contribution in [3.05, 3.63) is 63.0 Å². The van der Waals surface area contributed by atoms with Crippen molar-refractivity contribution in [2.75, 3.05) is 0 Å². The maximum atomic E-state index is 6.20. The summed E-state index contributed by atoms with van der Waals surface area (Å²) in [6.07, 6.45) is 0. The Labute approximate surface area is 162 Å². The third kappa shape index (κ3) is 3.20. The summed E-state index contributed by atoms with van der Waals surface area (Å²) in [6, 6.07) is 11.5. The van der Waals surface area contributed by atoms with Gasteiger partial charge in [-0.1, -0.05) is 28.9 Å². The van der Waals surface area contributed by atoms with Gasteiger partial charge >= 0.3 is 0 Å². The van der Waals surface area contributed by atoms with Gasteiger partial charge in [0.05, 0.1) is 23.0 Å². The van der Waals surface area contributed by atoms with Crippen LogP contribution in [0.25, 0.3) is 23.0 Å². The molecular weight excluding hydrogens is 420 g/mol. The highest BCUT2D eigenvalue weighted by molar-refractivity contribution is 9.10. The predicted octanol–water partition coefficient (Wildman–Crippen LogP) is 5.27. The van der Waals surface area contributed by atoms with Crippen LogP contribution in [0.5, 0.6) is 0 Å². The van der Waals surface area contributed by atoms with Crippen LogP contribution in [0.15, 0.2) is 50.0 Å². The molecule has 6 nitrogen and oxygen atoms in total. The van der Waals surface area contributed by atoms with E-state index >= 15 is 0 Å². The number of benzene rings is 1. The number of hydrogen-bond donors (Lipinski definition) is 0. The fourth-order valence-corrected chi connectivity index (χ4v) is 3.07. The Morgan fingerprint density at radius 1 is 1.12 bits per heavy atom. The Bertz CT molecular complexity index is 1070. The summed E-state index contributed by atoms with van der Waals surface area (Å²) in [5.41, 5.74) is 3.73. The average molecular weight is 434 g/mol. The van der Waals surface area contributed by atoms with Crippen molar-refractivity contribution in [3.63, 3.8) is 0 Å². The fourth-order valence-electron chi connectivity index (χ4n) is 2.63. The molecule has 0 spiro atoms. The molecule has 0 atom stereocenters. The smallest absolute Gasteiger partial charge is 0.258 e.